The quantitative estimate of drug-likeness (QED) is 0.625. The van der Waals surface area contributed by atoms with E-state index in [1.54, 1.807) is 24.7 Å². The summed E-state index contributed by atoms with van der Waals surface area (Å²) in [5.41, 5.74) is 4.27. The molecule has 2 N–H and O–H groups in total. The van der Waals surface area contributed by atoms with Crippen molar-refractivity contribution < 1.29 is 14.0 Å². The zero-order valence-electron chi connectivity index (χ0n) is 18.5. The highest BCUT2D eigenvalue weighted by molar-refractivity contribution is 6.09. The molecule has 2 aliphatic rings. The van der Waals surface area contributed by atoms with E-state index in [0.29, 0.717) is 35.5 Å². The lowest BCUT2D eigenvalue weighted by atomic mass is 9.72. The Hall–Kier alpha value is -4.00. The highest BCUT2D eigenvalue weighted by Crippen LogP contribution is 2.45. The summed E-state index contributed by atoms with van der Waals surface area (Å²) in [4.78, 5) is 35.6. The molecule has 3 aromatic heterocycles. The number of hydrogen-bond donors (Lipinski definition) is 2. The molecule has 2 atom stereocenters. The number of Topliss-reactive ketones (excluding diaryl/α,β-unsaturated/α-hetero) is 1. The first-order valence-corrected chi connectivity index (χ1v) is 10.9. The summed E-state index contributed by atoms with van der Waals surface area (Å²) in [6, 6.07) is 12.9. The number of furan rings is 1. The molecule has 166 valence electrons. The topological polar surface area (TPSA) is 97.1 Å². The van der Waals surface area contributed by atoms with Gasteiger partial charge in [-0.25, -0.2) is 4.98 Å². The summed E-state index contributed by atoms with van der Waals surface area (Å²) in [5.74, 6) is 0.436. The number of ketones is 1. The molecule has 0 bridgehead atoms. The van der Waals surface area contributed by atoms with Gasteiger partial charge in [-0.05, 0) is 56.2 Å². The summed E-state index contributed by atoms with van der Waals surface area (Å²) >= 11 is 0. The molecule has 3 aromatic rings. The van der Waals surface area contributed by atoms with Crippen molar-refractivity contribution in [3.05, 3.63) is 101 Å². The number of allylic oxidation sites excluding steroid dienone is 3. The van der Waals surface area contributed by atoms with E-state index in [1.165, 1.54) is 0 Å². The fourth-order valence-electron chi connectivity index (χ4n) is 4.74. The molecule has 1 aliphatic heterocycles. The molecule has 0 unspecified atom stereocenters. The van der Waals surface area contributed by atoms with Gasteiger partial charge in [0, 0.05) is 58.9 Å². The van der Waals surface area contributed by atoms with E-state index < -0.39 is 5.92 Å². The number of carbonyl (C=O) groups excluding carboxylic acids is 2. The number of dihydropyridines is 1. The minimum Gasteiger partial charge on any atom is -0.469 e. The van der Waals surface area contributed by atoms with Gasteiger partial charge in [0.25, 0.3) is 5.91 Å². The van der Waals surface area contributed by atoms with Crippen molar-refractivity contribution in [2.45, 2.75) is 38.5 Å². The van der Waals surface area contributed by atoms with Crippen molar-refractivity contribution >= 4 is 17.5 Å². The first-order valence-electron chi connectivity index (χ1n) is 10.9. The molecule has 5 rings (SSSR count). The van der Waals surface area contributed by atoms with Crippen LogP contribution in [-0.4, -0.2) is 21.7 Å². The van der Waals surface area contributed by atoms with Crippen molar-refractivity contribution in [1.29, 1.82) is 0 Å². The van der Waals surface area contributed by atoms with Crippen molar-refractivity contribution in [2.24, 2.45) is 0 Å². The van der Waals surface area contributed by atoms with E-state index in [0.717, 1.165) is 22.7 Å². The van der Waals surface area contributed by atoms with Crippen LogP contribution in [0.2, 0.25) is 0 Å². The van der Waals surface area contributed by atoms with Crippen LogP contribution in [0.1, 0.15) is 48.6 Å². The van der Waals surface area contributed by atoms with Gasteiger partial charge in [0.15, 0.2) is 5.78 Å². The lowest BCUT2D eigenvalue weighted by Gasteiger charge is -2.36. The number of anilines is 1. The largest absolute Gasteiger partial charge is 0.469 e. The smallest absolute Gasteiger partial charge is 0.255 e. The second-order valence-electron chi connectivity index (χ2n) is 8.44. The molecule has 4 heterocycles. The molecule has 7 nitrogen and oxygen atoms in total. The number of nitrogens with one attached hydrogen (secondary N) is 2. The lowest BCUT2D eigenvalue weighted by Crippen LogP contribution is -2.37. The summed E-state index contributed by atoms with van der Waals surface area (Å²) < 4.78 is 5.58. The van der Waals surface area contributed by atoms with Gasteiger partial charge < -0.3 is 15.1 Å². The van der Waals surface area contributed by atoms with Gasteiger partial charge in [0.05, 0.1) is 6.26 Å². The zero-order chi connectivity index (χ0) is 22.9. The second kappa shape index (κ2) is 8.50. The molecular weight excluding hydrogens is 416 g/mol. The minimum atomic E-state index is -0.509. The fraction of sp³-hybridized carbons (Fsp3) is 0.231. The van der Waals surface area contributed by atoms with Gasteiger partial charge >= 0.3 is 0 Å². The van der Waals surface area contributed by atoms with Gasteiger partial charge in [-0.3, -0.25) is 14.6 Å². The number of pyridine rings is 2. The van der Waals surface area contributed by atoms with E-state index in [9.17, 15) is 9.59 Å². The van der Waals surface area contributed by atoms with Crippen LogP contribution in [0.4, 0.5) is 5.82 Å². The third-order valence-corrected chi connectivity index (χ3v) is 6.17. The molecule has 7 heteroatoms. The zero-order valence-corrected chi connectivity index (χ0v) is 18.5. The van der Waals surface area contributed by atoms with Crippen LogP contribution in [0.25, 0.3) is 0 Å². The summed E-state index contributed by atoms with van der Waals surface area (Å²) in [6.45, 7) is 3.74. The van der Waals surface area contributed by atoms with Crippen LogP contribution >= 0.6 is 0 Å². The Kier molecular flexibility index (Phi) is 5.38. The molecule has 1 amide bonds. The highest BCUT2D eigenvalue weighted by atomic mass is 16.3. The molecule has 33 heavy (non-hydrogen) atoms. The van der Waals surface area contributed by atoms with Crippen LogP contribution in [0.3, 0.4) is 0 Å². The average molecular weight is 441 g/mol. The second-order valence-corrected chi connectivity index (χ2v) is 8.44. The Morgan fingerprint density at radius 2 is 2.00 bits per heavy atom. The first kappa shape index (κ1) is 20.9. The third-order valence-electron chi connectivity index (χ3n) is 6.17. The number of aryl methyl sites for hydroxylation is 1. The van der Waals surface area contributed by atoms with Gasteiger partial charge in [-0.2, -0.15) is 0 Å². The molecule has 0 saturated carbocycles. The Morgan fingerprint density at radius 3 is 2.73 bits per heavy atom. The SMILES string of the molecule is CC1=C(C(=O)Nc2cccc(C)n2)[C@H](c2cccnc2)C2=C(C[C@H](c3ccco3)CC2=O)N1. The summed E-state index contributed by atoms with van der Waals surface area (Å²) in [6.07, 6.45) is 6.00. The number of amides is 1. The molecule has 0 spiro atoms. The molecule has 1 aliphatic carbocycles. The van der Waals surface area contributed by atoms with E-state index in [1.807, 2.05) is 50.2 Å². The number of carbonyl (C=O) groups is 2. The summed E-state index contributed by atoms with van der Waals surface area (Å²) in [5, 5.41) is 6.27. The van der Waals surface area contributed by atoms with Crippen molar-refractivity contribution in [2.75, 3.05) is 5.32 Å². The van der Waals surface area contributed by atoms with Crippen LogP contribution in [0, 0.1) is 6.92 Å². The Labute approximate surface area is 191 Å². The van der Waals surface area contributed by atoms with Crippen molar-refractivity contribution in [3.63, 3.8) is 0 Å². The maximum Gasteiger partial charge on any atom is 0.255 e. The molecule has 0 saturated heterocycles. The highest BCUT2D eigenvalue weighted by Gasteiger charge is 2.41. The minimum absolute atomic E-state index is 0.00508. The van der Waals surface area contributed by atoms with Crippen LogP contribution in [0.5, 0.6) is 0 Å². The molecule has 0 radical (unpaired) electrons. The maximum absolute atomic E-state index is 13.5. The van der Waals surface area contributed by atoms with Crippen molar-refractivity contribution in [1.82, 2.24) is 15.3 Å². The predicted octanol–water partition coefficient (Wildman–Crippen LogP) is 4.38. The molecule has 0 aromatic carbocycles. The van der Waals surface area contributed by atoms with Gasteiger partial charge in [-0.15, -0.1) is 0 Å². The van der Waals surface area contributed by atoms with Crippen LogP contribution < -0.4 is 10.6 Å². The fourth-order valence-corrected chi connectivity index (χ4v) is 4.74. The average Bonchev–Trinajstić information content (AvgIpc) is 3.33. The van der Waals surface area contributed by atoms with Crippen LogP contribution in [-0.2, 0) is 9.59 Å². The van der Waals surface area contributed by atoms with E-state index >= 15 is 0 Å². The molecular formula is C26H24N4O3. The van der Waals surface area contributed by atoms with Gasteiger partial charge in [0.2, 0.25) is 0 Å². The van der Waals surface area contributed by atoms with E-state index in [4.69, 9.17) is 4.42 Å². The summed E-state index contributed by atoms with van der Waals surface area (Å²) in [7, 11) is 0. The van der Waals surface area contributed by atoms with Crippen LogP contribution in [0.15, 0.2) is 88.1 Å². The normalized spacial score (nSPS) is 20.4. The van der Waals surface area contributed by atoms with Gasteiger partial charge in [0.1, 0.15) is 11.6 Å². The van der Waals surface area contributed by atoms with E-state index in [-0.39, 0.29) is 17.6 Å². The Bertz CT molecular complexity index is 1280. The number of hydrogen-bond acceptors (Lipinski definition) is 6. The van der Waals surface area contributed by atoms with Crippen molar-refractivity contribution in [3.8, 4) is 0 Å². The first-order chi connectivity index (χ1) is 16.0. The maximum atomic E-state index is 13.5. The standard InChI is InChI=1S/C26H24N4O3/c1-15-6-3-9-22(28-15)30-26(32)23-16(2)29-19-12-18(21-8-5-11-33-21)13-20(31)25(19)24(23)17-7-4-10-27-14-17/h3-11,14,18,24,29H,12-13H2,1-2H3,(H,28,30,32)/t18-,24-/m0/s1. The molecule has 0 fully saturated rings. The number of aromatic nitrogens is 2. The van der Waals surface area contributed by atoms with Gasteiger partial charge in [-0.1, -0.05) is 12.1 Å². The predicted molar refractivity (Wildman–Crippen MR) is 123 cm³/mol. The number of rotatable bonds is 4. The number of nitrogens with zero attached hydrogens (tertiary/aromatic N) is 2. The van der Waals surface area contributed by atoms with E-state index in [2.05, 4.69) is 20.6 Å². The third kappa shape index (κ3) is 3.98. The monoisotopic (exact) mass is 440 g/mol. The Morgan fingerprint density at radius 1 is 1.12 bits per heavy atom. The Balaban J connectivity index is 1.55. The lowest BCUT2D eigenvalue weighted by molar-refractivity contribution is -0.116.